The third kappa shape index (κ3) is 3.07. The second-order valence-electron chi connectivity index (χ2n) is 3.43. The van der Waals surface area contributed by atoms with Gasteiger partial charge in [-0.05, 0) is 31.7 Å². The van der Waals surface area contributed by atoms with E-state index >= 15 is 0 Å². The summed E-state index contributed by atoms with van der Waals surface area (Å²) in [5.41, 5.74) is 0.694. The number of hydrogen-bond acceptors (Lipinski definition) is 1. The number of halogens is 2. The standard InChI is InChI=1S/C11H15F2N/c1-8(14-2)11(13)7-9-4-3-5-10(12)6-9/h3-6,8,11,14H,7H2,1-2H3. The zero-order valence-electron chi connectivity index (χ0n) is 8.43. The lowest BCUT2D eigenvalue weighted by atomic mass is 10.0. The van der Waals surface area contributed by atoms with Crippen LogP contribution in [0.5, 0.6) is 0 Å². The maximum absolute atomic E-state index is 13.4. The third-order valence-electron chi connectivity index (χ3n) is 2.32. The van der Waals surface area contributed by atoms with E-state index in [1.807, 2.05) is 0 Å². The monoisotopic (exact) mass is 199 g/mol. The van der Waals surface area contributed by atoms with E-state index in [4.69, 9.17) is 0 Å². The highest BCUT2D eigenvalue weighted by Crippen LogP contribution is 2.10. The van der Waals surface area contributed by atoms with Gasteiger partial charge in [0.2, 0.25) is 0 Å². The summed E-state index contributed by atoms with van der Waals surface area (Å²) in [4.78, 5) is 0. The number of hydrogen-bond donors (Lipinski definition) is 1. The molecule has 2 atom stereocenters. The van der Waals surface area contributed by atoms with Crippen molar-refractivity contribution in [2.45, 2.75) is 25.6 Å². The smallest absolute Gasteiger partial charge is 0.123 e. The normalized spacial score (nSPS) is 15.1. The van der Waals surface area contributed by atoms with Gasteiger partial charge in [-0.1, -0.05) is 12.1 Å². The third-order valence-corrected chi connectivity index (χ3v) is 2.32. The van der Waals surface area contributed by atoms with Gasteiger partial charge >= 0.3 is 0 Å². The quantitative estimate of drug-likeness (QED) is 0.784. The van der Waals surface area contributed by atoms with Crippen molar-refractivity contribution in [2.75, 3.05) is 7.05 Å². The topological polar surface area (TPSA) is 12.0 Å². The summed E-state index contributed by atoms with van der Waals surface area (Å²) in [7, 11) is 1.71. The zero-order valence-corrected chi connectivity index (χ0v) is 8.43. The molecule has 1 rings (SSSR count). The molecule has 0 amide bonds. The summed E-state index contributed by atoms with van der Waals surface area (Å²) in [5.74, 6) is -0.313. The van der Waals surface area contributed by atoms with Crippen molar-refractivity contribution in [3.05, 3.63) is 35.6 Å². The van der Waals surface area contributed by atoms with Crippen LogP contribution in [0.1, 0.15) is 12.5 Å². The van der Waals surface area contributed by atoms with Gasteiger partial charge < -0.3 is 5.32 Å². The van der Waals surface area contributed by atoms with Gasteiger partial charge in [-0.25, -0.2) is 8.78 Å². The minimum atomic E-state index is -0.984. The molecule has 0 bridgehead atoms. The fourth-order valence-corrected chi connectivity index (χ4v) is 1.25. The SMILES string of the molecule is CNC(C)C(F)Cc1cccc(F)c1. The fourth-order valence-electron chi connectivity index (χ4n) is 1.25. The minimum Gasteiger partial charge on any atom is -0.314 e. The Hall–Kier alpha value is -0.960. The Morgan fingerprint density at radius 3 is 2.71 bits per heavy atom. The molecule has 0 heterocycles. The van der Waals surface area contributed by atoms with Crippen LogP contribution in [0.4, 0.5) is 8.78 Å². The molecule has 1 nitrogen and oxygen atoms in total. The maximum Gasteiger partial charge on any atom is 0.123 e. The highest BCUT2D eigenvalue weighted by Gasteiger charge is 2.14. The molecule has 0 aromatic heterocycles. The Morgan fingerprint density at radius 2 is 2.14 bits per heavy atom. The number of alkyl halides is 1. The predicted molar refractivity (Wildman–Crippen MR) is 53.5 cm³/mol. The van der Waals surface area contributed by atoms with E-state index in [-0.39, 0.29) is 18.3 Å². The number of nitrogens with one attached hydrogen (secondary N) is 1. The van der Waals surface area contributed by atoms with Crippen LogP contribution in [0.2, 0.25) is 0 Å². The van der Waals surface area contributed by atoms with Crippen molar-refractivity contribution >= 4 is 0 Å². The molecule has 14 heavy (non-hydrogen) atoms. The zero-order chi connectivity index (χ0) is 10.6. The Morgan fingerprint density at radius 1 is 1.43 bits per heavy atom. The van der Waals surface area contributed by atoms with E-state index in [1.165, 1.54) is 12.1 Å². The van der Waals surface area contributed by atoms with Crippen LogP contribution < -0.4 is 5.32 Å². The summed E-state index contributed by atoms with van der Waals surface area (Å²) in [6.07, 6.45) is -0.735. The van der Waals surface area contributed by atoms with Crippen LogP contribution in [-0.4, -0.2) is 19.3 Å². The van der Waals surface area contributed by atoms with E-state index in [0.29, 0.717) is 5.56 Å². The molecule has 0 spiro atoms. The molecular weight excluding hydrogens is 184 g/mol. The highest BCUT2D eigenvalue weighted by atomic mass is 19.1. The van der Waals surface area contributed by atoms with E-state index in [2.05, 4.69) is 5.32 Å². The lowest BCUT2D eigenvalue weighted by molar-refractivity contribution is 0.267. The first-order valence-electron chi connectivity index (χ1n) is 4.69. The summed E-state index contributed by atoms with van der Waals surface area (Å²) in [5, 5.41) is 2.83. The molecule has 0 aliphatic rings. The van der Waals surface area contributed by atoms with Gasteiger partial charge in [0, 0.05) is 12.5 Å². The van der Waals surface area contributed by atoms with Crippen LogP contribution in [0.3, 0.4) is 0 Å². The van der Waals surface area contributed by atoms with Crippen LogP contribution >= 0.6 is 0 Å². The Balaban J connectivity index is 2.60. The molecule has 0 aliphatic heterocycles. The fraction of sp³-hybridized carbons (Fsp3) is 0.455. The van der Waals surface area contributed by atoms with Crippen molar-refractivity contribution in [1.29, 1.82) is 0 Å². The highest BCUT2D eigenvalue weighted by molar-refractivity contribution is 5.17. The van der Waals surface area contributed by atoms with Crippen molar-refractivity contribution in [1.82, 2.24) is 5.32 Å². The maximum atomic E-state index is 13.4. The molecule has 0 fully saturated rings. The van der Waals surface area contributed by atoms with Crippen LogP contribution in [0.15, 0.2) is 24.3 Å². The van der Waals surface area contributed by atoms with Gasteiger partial charge in [-0.15, -0.1) is 0 Å². The lowest BCUT2D eigenvalue weighted by Gasteiger charge is -2.15. The summed E-state index contributed by atoms with van der Waals surface area (Å²) < 4.78 is 26.2. The average Bonchev–Trinajstić information content (AvgIpc) is 2.16. The summed E-state index contributed by atoms with van der Waals surface area (Å²) >= 11 is 0. The van der Waals surface area contributed by atoms with Gasteiger partial charge in [0.25, 0.3) is 0 Å². The molecule has 78 valence electrons. The van der Waals surface area contributed by atoms with Crippen LogP contribution in [-0.2, 0) is 6.42 Å². The van der Waals surface area contributed by atoms with Crippen molar-refractivity contribution in [3.63, 3.8) is 0 Å². The first-order valence-corrected chi connectivity index (χ1v) is 4.69. The van der Waals surface area contributed by atoms with Crippen LogP contribution in [0, 0.1) is 5.82 Å². The van der Waals surface area contributed by atoms with E-state index in [9.17, 15) is 8.78 Å². The number of benzene rings is 1. The molecule has 1 N–H and O–H groups in total. The first-order chi connectivity index (χ1) is 6.63. The predicted octanol–water partition coefficient (Wildman–Crippen LogP) is 2.31. The van der Waals surface area contributed by atoms with Gasteiger partial charge in [-0.2, -0.15) is 0 Å². The van der Waals surface area contributed by atoms with E-state index in [0.717, 1.165) is 0 Å². The van der Waals surface area contributed by atoms with Gasteiger partial charge in [0.15, 0.2) is 0 Å². The van der Waals surface area contributed by atoms with Gasteiger partial charge in [0.1, 0.15) is 12.0 Å². The largest absolute Gasteiger partial charge is 0.314 e. The number of rotatable bonds is 4. The van der Waals surface area contributed by atoms with Crippen molar-refractivity contribution in [3.8, 4) is 0 Å². The lowest BCUT2D eigenvalue weighted by Crippen LogP contribution is -2.33. The first kappa shape index (κ1) is 11.1. The molecule has 0 aliphatic carbocycles. The van der Waals surface area contributed by atoms with Gasteiger partial charge in [-0.3, -0.25) is 0 Å². The minimum absolute atomic E-state index is 0.210. The molecule has 0 saturated carbocycles. The molecule has 0 saturated heterocycles. The Bertz CT molecular complexity index is 288. The van der Waals surface area contributed by atoms with Crippen LogP contribution in [0.25, 0.3) is 0 Å². The molecule has 1 aromatic carbocycles. The molecule has 0 radical (unpaired) electrons. The van der Waals surface area contributed by atoms with Crippen molar-refractivity contribution in [2.24, 2.45) is 0 Å². The van der Waals surface area contributed by atoms with Crippen molar-refractivity contribution < 1.29 is 8.78 Å². The second-order valence-corrected chi connectivity index (χ2v) is 3.43. The van der Waals surface area contributed by atoms with E-state index in [1.54, 1.807) is 26.1 Å². The average molecular weight is 199 g/mol. The van der Waals surface area contributed by atoms with Gasteiger partial charge in [0.05, 0.1) is 0 Å². The molecule has 2 unspecified atom stereocenters. The summed E-state index contributed by atoms with van der Waals surface area (Å²) in [6.45, 7) is 1.77. The second kappa shape index (κ2) is 5.05. The molecule has 3 heteroatoms. The summed E-state index contributed by atoms with van der Waals surface area (Å²) in [6, 6.07) is 5.85. The Labute approximate surface area is 83.1 Å². The molecule has 1 aromatic rings. The Kier molecular flexibility index (Phi) is 4.01. The van der Waals surface area contributed by atoms with E-state index < -0.39 is 6.17 Å². The molecular formula is C11H15F2N.